The Labute approximate surface area is 123 Å². The number of ether oxygens (including phenoxy) is 1. The van der Waals surface area contributed by atoms with Crippen molar-refractivity contribution in [2.45, 2.75) is 19.8 Å². The van der Waals surface area contributed by atoms with Crippen LogP contribution >= 0.6 is 0 Å². The van der Waals surface area contributed by atoms with Gasteiger partial charge in [0.05, 0.1) is 12.2 Å². The first kappa shape index (κ1) is 15.1. The van der Waals surface area contributed by atoms with E-state index in [0.717, 1.165) is 19.4 Å². The number of carboxylic acid groups (broad SMARTS) is 1. The van der Waals surface area contributed by atoms with E-state index in [4.69, 9.17) is 9.84 Å². The Morgan fingerprint density at radius 1 is 1.43 bits per heavy atom. The van der Waals surface area contributed by atoms with Gasteiger partial charge in [0.1, 0.15) is 0 Å². The fourth-order valence-electron chi connectivity index (χ4n) is 2.17. The zero-order chi connectivity index (χ0) is 15.2. The van der Waals surface area contributed by atoms with E-state index in [-0.39, 0.29) is 11.5 Å². The summed E-state index contributed by atoms with van der Waals surface area (Å²) >= 11 is 0. The maximum absolute atomic E-state index is 11.7. The van der Waals surface area contributed by atoms with Crippen LogP contribution in [0, 0.1) is 24.7 Å². The van der Waals surface area contributed by atoms with Gasteiger partial charge in [-0.05, 0) is 49.4 Å². The first-order valence-electron chi connectivity index (χ1n) is 6.80. The molecule has 0 spiro atoms. The lowest BCUT2D eigenvalue weighted by Crippen LogP contribution is -2.16. The van der Waals surface area contributed by atoms with E-state index < -0.39 is 11.9 Å². The van der Waals surface area contributed by atoms with Crippen LogP contribution in [0.2, 0.25) is 0 Å². The molecular weight excluding hydrogens is 270 g/mol. The third-order valence-corrected chi connectivity index (χ3v) is 3.26. The fourth-order valence-corrected chi connectivity index (χ4v) is 2.17. The van der Waals surface area contributed by atoms with Crippen LogP contribution < -0.4 is 5.32 Å². The molecule has 0 aliphatic carbocycles. The number of aromatic carboxylic acids is 1. The van der Waals surface area contributed by atoms with Gasteiger partial charge in [-0.2, -0.15) is 0 Å². The van der Waals surface area contributed by atoms with Crippen LogP contribution in [0.4, 0.5) is 5.69 Å². The van der Waals surface area contributed by atoms with Gasteiger partial charge >= 0.3 is 5.97 Å². The number of benzene rings is 1. The maximum atomic E-state index is 11.7. The highest BCUT2D eigenvalue weighted by Gasteiger charge is 2.11. The molecule has 1 amide bonds. The summed E-state index contributed by atoms with van der Waals surface area (Å²) < 4.78 is 5.29. The minimum absolute atomic E-state index is 0.112. The molecule has 1 aromatic rings. The number of hydrogen-bond acceptors (Lipinski definition) is 3. The first-order valence-corrected chi connectivity index (χ1v) is 6.80. The second-order valence-corrected chi connectivity index (χ2v) is 4.97. The van der Waals surface area contributed by atoms with Crippen molar-refractivity contribution in [3.63, 3.8) is 0 Å². The standard InChI is InChI=1S/C16H17NO4/c1-11-9-13(5-6-14(11)16(19)20)17-15(18)7-4-12-3-2-8-21-10-12/h5-6,9,12H,2-3,8,10H2,1H3,(H,17,18)(H,19,20). The van der Waals surface area contributed by atoms with Gasteiger partial charge in [0, 0.05) is 18.2 Å². The number of rotatable bonds is 2. The predicted octanol–water partition coefficient (Wildman–Crippen LogP) is 2.06. The number of amides is 1. The summed E-state index contributed by atoms with van der Waals surface area (Å²) in [5.41, 5.74) is 1.35. The number of hydrogen-bond donors (Lipinski definition) is 2. The topological polar surface area (TPSA) is 75.6 Å². The Kier molecular flexibility index (Phi) is 4.96. The lowest BCUT2D eigenvalue weighted by atomic mass is 10.0. The highest BCUT2D eigenvalue weighted by atomic mass is 16.5. The van der Waals surface area contributed by atoms with Crippen LogP contribution in [0.15, 0.2) is 18.2 Å². The smallest absolute Gasteiger partial charge is 0.335 e. The highest BCUT2D eigenvalue weighted by molar-refractivity contribution is 6.04. The fraction of sp³-hybridized carbons (Fsp3) is 0.375. The largest absolute Gasteiger partial charge is 0.478 e. The Hall–Kier alpha value is -2.32. The van der Waals surface area contributed by atoms with Gasteiger partial charge < -0.3 is 15.2 Å². The number of carbonyl (C=O) groups is 2. The molecule has 1 aliphatic rings. The average molecular weight is 287 g/mol. The highest BCUT2D eigenvalue weighted by Crippen LogP contribution is 2.15. The number of carbonyl (C=O) groups excluding carboxylic acids is 1. The summed E-state index contributed by atoms with van der Waals surface area (Å²) in [6.45, 7) is 3.02. The molecular formula is C16H17NO4. The predicted molar refractivity (Wildman–Crippen MR) is 78.1 cm³/mol. The number of carboxylic acids is 1. The number of anilines is 1. The second kappa shape index (κ2) is 6.91. The van der Waals surface area contributed by atoms with Gasteiger partial charge in [0.15, 0.2) is 0 Å². The van der Waals surface area contributed by atoms with Crippen molar-refractivity contribution in [3.8, 4) is 11.8 Å². The summed E-state index contributed by atoms with van der Waals surface area (Å²) in [5.74, 6) is 4.19. The molecule has 0 bridgehead atoms. The van der Waals surface area contributed by atoms with E-state index in [1.807, 2.05) is 0 Å². The third-order valence-electron chi connectivity index (χ3n) is 3.26. The van der Waals surface area contributed by atoms with E-state index >= 15 is 0 Å². The lowest BCUT2D eigenvalue weighted by molar-refractivity contribution is -0.111. The average Bonchev–Trinajstić information content (AvgIpc) is 2.46. The molecule has 0 radical (unpaired) electrons. The van der Waals surface area contributed by atoms with Crippen molar-refractivity contribution < 1.29 is 19.4 Å². The van der Waals surface area contributed by atoms with E-state index in [9.17, 15) is 9.59 Å². The molecule has 0 aromatic heterocycles. The van der Waals surface area contributed by atoms with E-state index in [1.165, 1.54) is 6.07 Å². The molecule has 5 heteroatoms. The van der Waals surface area contributed by atoms with Crippen LogP contribution in [0.1, 0.15) is 28.8 Å². The zero-order valence-electron chi connectivity index (χ0n) is 11.8. The summed E-state index contributed by atoms with van der Waals surface area (Å²) in [5, 5.41) is 11.6. The first-order chi connectivity index (χ1) is 10.1. The van der Waals surface area contributed by atoms with Crippen molar-refractivity contribution in [3.05, 3.63) is 29.3 Å². The van der Waals surface area contributed by atoms with Crippen molar-refractivity contribution >= 4 is 17.6 Å². The number of aryl methyl sites for hydroxylation is 1. The molecule has 2 N–H and O–H groups in total. The summed E-state index contributed by atoms with van der Waals surface area (Å²) in [7, 11) is 0. The van der Waals surface area contributed by atoms with Crippen LogP contribution in [0.25, 0.3) is 0 Å². The van der Waals surface area contributed by atoms with Crippen molar-refractivity contribution in [1.29, 1.82) is 0 Å². The monoisotopic (exact) mass is 287 g/mol. The van der Waals surface area contributed by atoms with Gasteiger partial charge in [-0.1, -0.05) is 5.92 Å². The van der Waals surface area contributed by atoms with Crippen molar-refractivity contribution in [2.24, 2.45) is 5.92 Å². The van der Waals surface area contributed by atoms with Gasteiger partial charge in [-0.25, -0.2) is 4.79 Å². The molecule has 1 unspecified atom stereocenters. The van der Waals surface area contributed by atoms with Gasteiger partial charge in [0.2, 0.25) is 0 Å². The summed E-state index contributed by atoms with van der Waals surface area (Å²) in [6.07, 6.45) is 1.92. The third kappa shape index (κ3) is 4.33. The van der Waals surface area contributed by atoms with Crippen LogP contribution in [-0.2, 0) is 9.53 Å². The van der Waals surface area contributed by atoms with E-state index in [0.29, 0.717) is 17.9 Å². The van der Waals surface area contributed by atoms with Crippen LogP contribution in [-0.4, -0.2) is 30.2 Å². The molecule has 21 heavy (non-hydrogen) atoms. The Morgan fingerprint density at radius 3 is 2.86 bits per heavy atom. The quantitative estimate of drug-likeness (QED) is 0.816. The van der Waals surface area contributed by atoms with Crippen molar-refractivity contribution in [2.75, 3.05) is 18.5 Å². The zero-order valence-corrected chi connectivity index (χ0v) is 11.8. The van der Waals surface area contributed by atoms with Gasteiger partial charge in [0.25, 0.3) is 5.91 Å². The van der Waals surface area contributed by atoms with Gasteiger partial charge in [-0.3, -0.25) is 4.79 Å². The molecule has 1 saturated heterocycles. The SMILES string of the molecule is Cc1cc(NC(=O)C#CC2CCCOC2)ccc1C(=O)O. The minimum atomic E-state index is -0.984. The van der Waals surface area contributed by atoms with Crippen LogP contribution in [0.3, 0.4) is 0 Å². The summed E-state index contributed by atoms with van der Waals surface area (Å²) in [6, 6.07) is 4.64. The molecule has 110 valence electrons. The number of nitrogens with one attached hydrogen (secondary N) is 1. The van der Waals surface area contributed by atoms with E-state index in [1.54, 1.807) is 19.1 Å². The lowest BCUT2D eigenvalue weighted by Gasteiger charge is -2.16. The molecule has 0 saturated carbocycles. The maximum Gasteiger partial charge on any atom is 0.335 e. The summed E-state index contributed by atoms with van der Waals surface area (Å²) in [4.78, 5) is 22.7. The minimum Gasteiger partial charge on any atom is -0.478 e. The van der Waals surface area contributed by atoms with E-state index in [2.05, 4.69) is 17.2 Å². The van der Waals surface area contributed by atoms with Crippen molar-refractivity contribution in [1.82, 2.24) is 0 Å². The molecule has 1 aliphatic heterocycles. The second-order valence-electron chi connectivity index (χ2n) is 4.97. The Bertz CT molecular complexity index is 606. The molecule has 1 atom stereocenters. The molecule has 5 nitrogen and oxygen atoms in total. The van der Waals surface area contributed by atoms with Gasteiger partial charge in [-0.15, -0.1) is 0 Å². The molecule has 1 aromatic carbocycles. The molecule has 1 fully saturated rings. The molecule has 1 heterocycles. The normalized spacial score (nSPS) is 17.5. The van der Waals surface area contributed by atoms with Crippen LogP contribution in [0.5, 0.6) is 0 Å². The Balaban J connectivity index is 1.98. The Morgan fingerprint density at radius 2 is 2.24 bits per heavy atom. The molecule has 2 rings (SSSR count).